The van der Waals surface area contributed by atoms with Crippen molar-refractivity contribution < 1.29 is 17.9 Å². The van der Waals surface area contributed by atoms with Crippen molar-refractivity contribution >= 4 is 11.6 Å². The van der Waals surface area contributed by atoms with Crippen molar-refractivity contribution in [3.63, 3.8) is 0 Å². The topological polar surface area (TPSA) is 63.5 Å². The molecule has 1 unspecified atom stereocenters. The van der Waals surface area contributed by atoms with E-state index in [9.17, 15) is 13.2 Å². The molecule has 0 spiro atoms. The van der Waals surface area contributed by atoms with Gasteiger partial charge in [0, 0.05) is 12.2 Å². The van der Waals surface area contributed by atoms with Gasteiger partial charge >= 0.3 is 6.18 Å². The van der Waals surface area contributed by atoms with E-state index in [4.69, 9.17) is 4.74 Å². The summed E-state index contributed by atoms with van der Waals surface area (Å²) in [7, 11) is 0. The highest BCUT2D eigenvalue weighted by molar-refractivity contribution is 5.56. The van der Waals surface area contributed by atoms with Gasteiger partial charge in [-0.05, 0) is 56.8 Å². The van der Waals surface area contributed by atoms with Crippen molar-refractivity contribution in [3.8, 4) is 5.75 Å². The van der Waals surface area contributed by atoms with Crippen molar-refractivity contribution in [3.05, 3.63) is 18.3 Å². The molecule has 2 aromatic rings. The lowest BCUT2D eigenvalue weighted by atomic mass is 9.94. The van der Waals surface area contributed by atoms with Gasteiger partial charge in [0.1, 0.15) is 0 Å². The predicted molar refractivity (Wildman–Crippen MR) is 85.6 cm³/mol. The fourth-order valence-electron chi connectivity index (χ4n) is 3.76. The number of ether oxygens (including phenoxy) is 1. The summed E-state index contributed by atoms with van der Waals surface area (Å²) in [5, 5.41) is 11.2. The van der Waals surface area contributed by atoms with E-state index in [1.807, 2.05) is 0 Å². The third-order valence-corrected chi connectivity index (χ3v) is 5.12. The Morgan fingerprint density at radius 2 is 2.04 bits per heavy atom. The molecule has 2 fully saturated rings. The van der Waals surface area contributed by atoms with Crippen LogP contribution < -0.4 is 15.4 Å². The monoisotopic (exact) mass is 355 g/mol. The third-order valence-electron chi connectivity index (χ3n) is 5.12. The molecule has 0 radical (unpaired) electrons. The first kappa shape index (κ1) is 16.4. The van der Waals surface area contributed by atoms with Gasteiger partial charge in [-0.1, -0.05) is 0 Å². The minimum absolute atomic E-state index is 0.0705. The van der Waals surface area contributed by atoms with Crippen molar-refractivity contribution in [1.29, 1.82) is 0 Å². The number of halogens is 3. The molecule has 1 aliphatic carbocycles. The molecular formula is C16H20F3N5O. The lowest BCUT2D eigenvalue weighted by Crippen LogP contribution is -2.45. The standard InChI is InChI=1S/C16H20F3N5O/c1-9(16(17,18)19)25-12-3-2-6-24-14(12)22-15(23-24)21-13-10-4-5-11(13)8-20-7-10/h2-3,6,9-11,13,20H,4-5,7-8H2,1H3,(H,21,23)/t9-,10-,11+,13?/m0/s1. The summed E-state index contributed by atoms with van der Waals surface area (Å²) in [6.45, 7) is 2.92. The SMILES string of the molecule is C[C@H](Oc1cccn2nc(NC3[C@@H]4CC[C@H]3CNC4)nc12)C(F)(F)F. The van der Waals surface area contributed by atoms with Crippen LogP contribution in [0.4, 0.5) is 19.1 Å². The predicted octanol–water partition coefficient (Wildman–Crippen LogP) is 2.47. The van der Waals surface area contributed by atoms with Gasteiger partial charge in [0.2, 0.25) is 5.95 Å². The summed E-state index contributed by atoms with van der Waals surface area (Å²) in [6.07, 6.45) is -2.36. The average molecular weight is 355 g/mol. The van der Waals surface area contributed by atoms with Crippen LogP contribution in [-0.2, 0) is 0 Å². The molecule has 136 valence electrons. The number of nitrogens with zero attached hydrogens (tertiary/aromatic N) is 3. The van der Waals surface area contributed by atoms with Crippen LogP contribution in [-0.4, -0.2) is 46.0 Å². The molecule has 3 heterocycles. The van der Waals surface area contributed by atoms with Crippen molar-refractivity contribution in [2.45, 2.75) is 38.1 Å². The molecule has 1 saturated carbocycles. The summed E-state index contributed by atoms with van der Waals surface area (Å²) in [5.41, 5.74) is 0.280. The molecule has 2 aromatic heterocycles. The maximum absolute atomic E-state index is 12.8. The van der Waals surface area contributed by atoms with Crippen LogP contribution in [0.5, 0.6) is 5.75 Å². The zero-order valence-corrected chi connectivity index (χ0v) is 13.8. The van der Waals surface area contributed by atoms with Gasteiger partial charge in [-0.15, -0.1) is 5.10 Å². The number of hydrogen-bond acceptors (Lipinski definition) is 5. The number of aromatic nitrogens is 3. The third kappa shape index (κ3) is 3.12. The van der Waals surface area contributed by atoms with Gasteiger partial charge in [0.05, 0.1) is 0 Å². The number of piperidine rings is 1. The van der Waals surface area contributed by atoms with E-state index >= 15 is 0 Å². The Balaban J connectivity index is 1.57. The Labute approximate surface area is 142 Å². The maximum Gasteiger partial charge on any atom is 0.425 e. The Hall–Kier alpha value is -2.03. The molecule has 9 heteroatoms. The Morgan fingerprint density at radius 1 is 1.32 bits per heavy atom. The number of alkyl halides is 3. The highest BCUT2D eigenvalue weighted by atomic mass is 19.4. The van der Waals surface area contributed by atoms with Gasteiger partial charge in [0.15, 0.2) is 17.5 Å². The molecular weight excluding hydrogens is 335 g/mol. The molecule has 25 heavy (non-hydrogen) atoms. The fraction of sp³-hybridized carbons (Fsp3) is 0.625. The summed E-state index contributed by atoms with van der Waals surface area (Å²) in [4.78, 5) is 4.37. The quantitative estimate of drug-likeness (QED) is 0.882. The van der Waals surface area contributed by atoms with Gasteiger partial charge in [-0.2, -0.15) is 18.2 Å². The van der Waals surface area contributed by atoms with Crippen LogP contribution in [0, 0.1) is 11.8 Å². The van der Waals surface area contributed by atoms with Gasteiger partial charge in [-0.25, -0.2) is 4.52 Å². The normalized spacial score (nSPS) is 27.4. The smallest absolute Gasteiger partial charge is 0.425 e. The van der Waals surface area contributed by atoms with E-state index in [1.54, 1.807) is 12.3 Å². The second-order valence-electron chi connectivity index (χ2n) is 6.80. The second-order valence-corrected chi connectivity index (χ2v) is 6.80. The zero-order valence-electron chi connectivity index (χ0n) is 13.8. The lowest BCUT2D eigenvalue weighted by Gasteiger charge is -2.30. The van der Waals surface area contributed by atoms with Crippen LogP contribution >= 0.6 is 0 Å². The van der Waals surface area contributed by atoms with E-state index in [1.165, 1.54) is 23.4 Å². The van der Waals surface area contributed by atoms with Gasteiger partial charge < -0.3 is 15.4 Å². The number of fused-ring (bicyclic) bond motifs is 3. The Morgan fingerprint density at radius 3 is 2.72 bits per heavy atom. The first-order valence-electron chi connectivity index (χ1n) is 8.48. The number of hydrogen-bond donors (Lipinski definition) is 2. The molecule has 1 aliphatic heterocycles. The van der Waals surface area contributed by atoms with Crippen LogP contribution in [0.15, 0.2) is 18.3 Å². The van der Waals surface area contributed by atoms with Crippen LogP contribution in [0.1, 0.15) is 19.8 Å². The first-order valence-corrected chi connectivity index (χ1v) is 8.48. The highest BCUT2D eigenvalue weighted by Gasteiger charge is 2.40. The molecule has 0 aromatic carbocycles. The molecule has 2 bridgehead atoms. The first-order chi connectivity index (χ1) is 11.9. The molecule has 0 amide bonds. The molecule has 4 atom stereocenters. The van der Waals surface area contributed by atoms with Crippen molar-refractivity contribution in [2.75, 3.05) is 18.4 Å². The average Bonchev–Trinajstić information content (AvgIpc) is 3.04. The van der Waals surface area contributed by atoms with Crippen LogP contribution in [0.2, 0.25) is 0 Å². The molecule has 2 N–H and O–H groups in total. The number of pyridine rings is 1. The Kier molecular flexibility index (Phi) is 3.98. The van der Waals surface area contributed by atoms with Crippen LogP contribution in [0.25, 0.3) is 5.65 Å². The van der Waals surface area contributed by atoms with E-state index in [2.05, 4.69) is 20.7 Å². The van der Waals surface area contributed by atoms with Crippen molar-refractivity contribution in [2.24, 2.45) is 11.8 Å². The summed E-state index contributed by atoms with van der Waals surface area (Å²) < 4.78 is 44.8. The molecule has 6 nitrogen and oxygen atoms in total. The van der Waals surface area contributed by atoms with Gasteiger partial charge in [-0.3, -0.25) is 0 Å². The molecule has 2 aliphatic rings. The van der Waals surface area contributed by atoms with Crippen molar-refractivity contribution in [1.82, 2.24) is 19.9 Å². The zero-order chi connectivity index (χ0) is 17.6. The minimum Gasteiger partial charge on any atom is -0.477 e. The van der Waals surface area contributed by atoms with Gasteiger partial charge in [0.25, 0.3) is 0 Å². The highest BCUT2D eigenvalue weighted by Crippen LogP contribution is 2.35. The maximum atomic E-state index is 12.8. The minimum atomic E-state index is -4.43. The number of anilines is 1. The van der Waals surface area contributed by atoms with E-state index in [0.717, 1.165) is 20.0 Å². The van der Waals surface area contributed by atoms with E-state index in [0.29, 0.717) is 23.8 Å². The molecule has 4 rings (SSSR count). The summed E-state index contributed by atoms with van der Waals surface area (Å²) in [6, 6.07) is 3.37. The summed E-state index contributed by atoms with van der Waals surface area (Å²) >= 11 is 0. The number of nitrogens with one attached hydrogen (secondary N) is 2. The van der Waals surface area contributed by atoms with E-state index < -0.39 is 12.3 Å². The fourth-order valence-corrected chi connectivity index (χ4v) is 3.76. The summed E-state index contributed by atoms with van der Waals surface area (Å²) in [5.74, 6) is 1.57. The lowest BCUT2D eigenvalue weighted by molar-refractivity contribution is -0.189. The largest absolute Gasteiger partial charge is 0.477 e. The Bertz CT molecular complexity index is 746. The van der Waals surface area contributed by atoms with Crippen LogP contribution in [0.3, 0.4) is 0 Å². The van der Waals surface area contributed by atoms with E-state index in [-0.39, 0.29) is 11.4 Å². The number of rotatable bonds is 4. The second kappa shape index (κ2) is 6.05. The molecule has 1 saturated heterocycles.